The number of hydrogen-bond acceptors (Lipinski definition) is 5. The van der Waals surface area contributed by atoms with Crippen molar-refractivity contribution in [3.05, 3.63) is 24.3 Å². The number of anilines is 1. The first-order chi connectivity index (χ1) is 15.5. The number of nitrogens with zero attached hydrogens (tertiary/aromatic N) is 1. The summed E-state index contributed by atoms with van der Waals surface area (Å²) in [7, 11) is 1.74. The van der Waals surface area contributed by atoms with E-state index in [1.54, 1.807) is 7.11 Å². The fourth-order valence-corrected chi connectivity index (χ4v) is 7.75. The molecule has 5 aliphatic rings. The molecule has 7 atom stereocenters. The third-order valence-corrected chi connectivity index (χ3v) is 9.50. The summed E-state index contributed by atoms with van der Waals surface area (Å²) in [6, 6.07) is 8.26. The third kappa shape index (κ3) is 2.95. The lowest BCUT2D eigenvalue weighted by Gasteiger charge is -2.50. The number of esters is 1. The summed E-state index contributed by atoms with van der Waals surface area (Å²) in [6.45, 7) is 9.53. The first-order valence-electron chi connectivity index (χ1n) is 12.6. The van der Waals surface area contributed by atoms with Gasteiger partial charge in [-0.3, -0.25) is 4.79 Å². The quantitative estimate of drug-likeness (QED) is 0.572. The average molecular weight is 442 g/mol. The number of quaternary nitrogens is 1. The largest absolute Gasteiger partial charge is 0.495 e. The van der Waals surface area contributed by atoms with Crippen LogP contribution in [0.25, 0.3) is 0 Å². The van der Waals surface area contributed by atoms with Gasteiger partial charge in [0.1, 0.15) is 23.4 Å². The molecule has 0 bridgehead atoms. The summed E-state index contributed by atoms with van der Waals surface area (Å²) < 4.78 is 18.2. The molecule has 5 fully saturated rings. The third-order valence-electron chi connectivity index (χ3n) is 9.50. The smallest absolute Gasteiger partial charge is 0.315 e. The molecule has 7 unspecified atom stereocenters. The van der Waals surface area contributed by atoms with Crippen LogP contribution in [0.5, 0.6) is 5.75 Å². The number of carbonyl (C=O) groups excluding carboxylic acids is 1. The summed E-state index contributed by atoms with van der Waals surface area (Å²) in [5.74, 6) is 2.40. The van der Waals surface area contributed by atoms with Crippen LogP contribution in [-0.4, -0.2) is 63.1 Å². The second kappa shape index (κ2) is 7.36. The van der Waals surface area contributed by atoms with E-state index in [1.165, 1.54) is 17.0 Å². The van der Waals surface area contributed by atoms with Gasteiger partial charge in [-0.2, -0.15) is 0 Å². The van der Waals surface area contributed by atoms with Gasteiger partial charge in [-0.25, -0.2) is 0 Å². The van der Waals surface area contributed by atoms with E-state index in [-0.39, 0.29) is 29.2 Å². The number of nitrogens with one attached hydrogen (secondary N) is 1. The van der Waals surface area contributed by atoms with E-state index in [0.717, 1.165) is 57.7 Å². The summed E-state index contributed by atoms with van der Waals surface area (Å²) in [5.41, 5.74) is 0.754. The van der Waals surface area contributed by atoms with Gasteiger partial charge < -0.3 is 24.0 Å². The second-order valence-electron chi connectivity index (χ2n) is 11.1. The molecule has 0 radical (unpaired) electrons. The van der Waals surface area contributed by atoms with Crippen molar-refractivity contribution in [2.75, 3.05) is 44.7 Å². The normalized spacial score (nSPS) is 43.2. The molecule has 6 rings (SSSR count). The van der Waals surface area contributed by atoms with Crippen molar-refractivity contribution in [1.82, 2.24) is 0 Å². The van der Waals surface area contributed by atoms with Gasteiger partial charge in [0.2, 0.25) is 0 Å². The minimum atomic E-state index is -0.356. The van der Waals surface area contributed by atoms with E-state index in [2.05, 4.69) is 30.9 Å². The van der Waals surface area contributed by atoms with Crippen molar-refractivity contribution in [3.63, 3.8) is 0 Å². The number of epoxide rings is 1. The maximum atomic E-state index is 13.3. The van der Waals surface area contributed by atoms with Crippen LogP contribution in [0.15, 0.2) is 24.3 Å². The van der Waals surface area contributed by atoms with Crippen LogP contribution in [0.1, 0.15) is 39.5 Å². The zero-order valence-electron chi connectivity index (χ0n) is 19.6. The van der Waals surface area contributed by atoms with Crippen LogP contribution in [-0.2, 0) is 14.3 Å². The fourth-order valence-electron chi connectivity index (χ4n) is 7.75. The highest BCUT2D eigenvalue weighted by Crippen LogP contribution is 2.66. The van der Waals surface area contributed by atoms with E-state index in [0.29, 0.717) is 17.8 Å². The predicted octanol–water partition coefficient (Wildman–Crippen LogP) is 1.93. The topological polar surface area (TPSA) is 55.7 Å². The van der Waals surface area contributed by atoms with Gasteiger partial charge in [-0.1, -0.05) is 19.1 Å². The van der Waals surface area contributed by atoms with Crippen molar-refractivity contribution < 1.29 is 23.9 Å². The van der Waals surface area contributed by atoms with Gasteiger partial charge in [0, 0.05) is 11.8 Å². The zero-order valence-corrected chi connectivity index (χ0v) is 19.6. The molecule has 3 aliphatic heterocycles. The van der Waals surface area contributed by atoms with Crippen molar-refractivity contribution >= 4 is 11.7 Å². The Morgan fingerprint density at radius 3 is 2.72 bits per heavy atom. The first kappa shape index (κ1) is 20.8. The lowest BCUT2D eigenvalue weighted by molar-refractivity contribution is -0.903. The Bertz CT molecular complexity index is 900. The van der Waals surface area contributed by atoms with E-state index < -0.39 is 0 Å². The number of para-hydroxylation sites is 2. The molecule has 0 amide bonds. The lowest BCUT2D eigenvalue weighted by Crippen LogP contribution is -3.15. The molecule has 174 valence electrons. The molecule has 3 saturated heterocycles. The van der Waals surface area contributed by atoms with E-state index in [4.69, 9.17) is 14.2 Å². The number of benzene rings is 1. The summed E-state index contributed by atoms with van der Waals surface area (Å²) in [6.07, 6.45) is 4.68. The van der Waals surface area contributed by atoms with Gasteiger partial charge in [-0.05, 0) is 50.7 Å². The van der Waals surface area contributed by atoms with Gasteiger partial charge in [0.25, 0.3) is 0 Å². The Morgan fingerprint density at radius 1 is 1.16 bits per heavy atom. The van der Waals surface area contributed by atoms with Crippen LogP contribution < -0.4 is 14.5 Å². The van der Waals surface area contributed by atoms with Crippen LogP contribution in [0, 0.1) is 23.7 Å². The second-order valence-corrected chi connectivity index (χ2v) is 11.1. The molecule has 1 N–H and O–H groups in total. The molecule has 2 aliphatic carbocycles. The number of carbonyl (C=O) groups is 1. The first-order valence-corrected chi connectivity index (χ1v) is 12.6. The predicted molar refractivity (Wildman–Crippen MR) is 121 cm³/mol. The number of ether oxygens (including phenoxy) is 3. The Hall–Kier alpha value is -1.79. The van der Waals surface area contributed by atoms with E-state index in [1.807, 2.05) is 12.1 Å². The van der Waals surface area contributed by atoms with Crippen LogP contribution in [0.3, 0.4) is 0 Å². The molecule has 32 heavy (non-hydrogen) atoms. The lowest BCUT2D eigenvalue weighted by atomic mass is 9.55. The fraction of sp³-hybridized carbons (Fsp3) is 0.731. The monoisotopic (exact) mass is 441 g/mol. The van der Waals surface area contributed by atoms with Crippen molar-refractivity contribution in [2.45, 2.75) is 56.8 Å². The van der Waals surface area contributed by atoms with E-state index >= 15 is 0 Å². The highest BCUT2D eigenvalue weighted by molar-refractivity contribution is 5.77. The summed E-state index contributed by atoms with van der Waals surface area (Å²) >= 11 is 0. The Labute approximate surface area is 191 Å². The zero-order chi connectivity index (χ0) is 22.1. The number of piperazine rings is 1. The van der Waals surface area contributed by atoms with Gasteiger partial charge in [-0.15, -0.1) is 0 Å². The Kier molecular flexibility index (Phi) is 4.78. The van der Waals surface area contributed by atoms with Crippen LogP contribution in [0.2, 0.25) is 0 Å². The molecule has 1 aromatic carbocycles. The minimum absolute atomic E-state index is 0.0179. The summed E-state index contributed by atoms with van der Waals surface area (Å²) in [5, 5.41) is 0. The number of rotatable bonds is 4. The van der Waals surface area contributed by atoms with Crippen molar-refractivity contribution in [3.8, 4) is 5.75 Å². The molecule has 1 aromatic rings. The molecular weight excluding hydrogens is 404 g/mol. The number of hydrogen-bond donors (Lipinski definition) is 1. The molecular formula is C26H37N2O4+. The standard InChI is InChI=1S/C26H36N2O4/c1-17-8-9-20-18(23(29)31-26(20)19(17)10-11-25(2)24(26)32-25)16-27-12-14-28(15-13-27)21-6-4-5-7-22(21)30-3/h4-7,17-20,24H,8-16H2,1-3H3/p+1. The molecule has 2 saturated carbocycles. The highest BCUT2D eigenvalue weighted by Gasteiger charge is 2.77. The molecule has 6 nitrogen and oxygen atoms in total. The van der Waals surface area contributed by atoms with Crippen molar-refractivity contribution in [1.29, 1.82) is 0 Å². The Balaban J connectivity index is 1.17. The Morgan fingerprint density at radius 2 is 1.94 bits per heavy atom. The van der Waals surface area contributed by atoms with Gasteiger partial charge >= 0.3 is 5.97 Å². The minimum Gasteiger partial charge on any atom is -0.495 e. The van der Waals surface area contributed by atoms with E-state index in [9.17, 15) is 4.79 Å². The molecule has 6 heteroatoms. The summed E-state index contributed by atoms with van der Waals surface area (Å²) in [4.78, 5) is 17.2. The molecule has 1 spiro atoms. The van der Waals surface area contributed by atoms with Gasteiger partial charge in [0.05, 0.1) is 51.1 Å². The number of fused-ring (bicyclic) bond motifs is 1. The SMILES string of the molecule is COc1ccccc1N1CC[NH+](CC2C(=O)OC34C(CCC5(C)OC53)C(C)CCC24)CC1. The number of methoxy groups -OCH3 is 1. The van der Waals surface area contributed by atoms with Crippen LogP contribution >= 0.6 is 0 Å². The van der Waals surface area contributed by atoms with Gasteiger partial charge in [0.15, 0.2) is 0 Å². The average Bonchev–Trinajstić information content (AvgIpc) is 3.44. The highest BCUT2D eigenvalue weighted by atomic mass is 16.7. The maximum absolute atomic E-state index is 13.3. The van der Waals surface area contributed by atoms with Crippen LogP contribution in [0.4, 0.5) is 5.69 Å². The maximum Gasteiger partial charge on any atom is 0.315 e. The molecule has 3 heterocycles. The molecule has 0 aromatic heterocycles. The van der Waals surface area contributed by atoms with Crippen molar-refractivity contribution in [2.24, 2.45) is 23.7 Å².